The van der Waals surface area contributed by atoms with E-state index in [0.29, 0.717) is 12.0 Å². The number of anilines is 2. The number of hydrogen-bond acceptors (Lipinski definition) is 4. The van der Waals surface area contributed by atoms with Gasteiger partial charge in [0.15, 0.2) is 0 Å². The van der Waals surface area contributed by atoms with Crippen LogP contribution < -0.4 is 10.2 Å². The number of rotatable bonds is 7. The summed E-state index contributed by atoms with van der Waals surface area (Å²) < 4.78 is 0. The Hall–Kier alpha value is -1.32. The zero-order valence-corrected chi connectivity index (χ0v) is 12.3. The van der Waals surface area contributed by atoms with E-state index in [9.17, 15) is 0 Å². The lowest BCUT2D eigenvalue weighted by Crippen LogP contribution is -2.35. The van der Waals surface area contributed by atoms with Crippen molar-refractivity contribution < 1.29 is 0 Å². The standard InChI is InChI=1S/C14H26N4/c1-6-8-9-18(12(4)7-2)13-11(3)10-16-14(15-5)17-13/h10,12H,6-9H2,1-5H3,(H,15,16,17). The van der Waals surface area contributed by atoms with Crippen molar-refractivity contribution in [2.75, 3.05) is 23.8 Å². The first-order chi connectivity index (χ1) is 8.63. The smallest absolute Gasteiger partial charge is 0.224 e. The highest BCUT2D eigenvalue weighted by Crippen LogP contribution is 2.22. The van der Waals surface area contributed by atoms with E-state index >= 15 is 0 Å². The molecule has 1 heterocycles. The maximum atomic E-state index is 4.62. The van der Waals surface area contributed by atoms with E-state index in [-0.39, 0.29) is 0 Å². The first kappa shape index (κ1) is 14.7. The van der Waals surface area contributed by atoms with Crippen molar-refractivity contribution in [3.05, 3.63) is 11.8 Å². The van der Waals surface area contributed by atoms with Gasteiger partial charge in [0, 0.05) is 31.4 Å². The normalized spacial score (nSPS) is 12.3. The molecule has 0 bridgehead atoms. The molecule has 0 spiro atoms. The minimum Gasteiger partial charge on any atom is -0.357 e. The van der Waals surface area contributed by atoms with Crippen LogP contribution in [0, 0.1) is 6.92 Å². The lowest BCUT2D eigenvalue weighted by molar-refractivity contribution is 0.588. The van der Waals surface area contributed by atoms with Crippen molar-refractivity contribution in [1.29, 1.82) is 0 Å². The van der Waals surface area contributed by atoms with Gasteiger partial charge in [0.05, 0.1) is 0 Å². The van der Waals surface area contributed by atoms with Gasteiger partial charge in [-0.1, -0.05) is 20.3 Å². The predicted molar refractivity (Wildman–Crippen MR) is 78.3 cm³/mol. The number of aromatic nitrogens is 2. The number of aryl methyl sites for hydroxylation is 1. The van der Waals surface area contributed by atoms with Crippen LogP contribution >= 0.6 is 0 Å². The Morgan fingerprint density at radius 2 is 2.11 bits per heavy atom. The molecule has 0 fully saturated rings. The minimum atomic E-state index is 0.509. The molecule has 4 heteroatoms. The van der Waals surface area contributed by atoms with Crippen LogP contribution in [0.2, 0.25) is 0 Å². The predicted octanol–water partition coefficient (Wildman–Crippen LogP) is 3.23. The third-order valence-corrected chi connectivity index (χ3v) is 3.32. The van der Waals surface area contributed by atoms with Crippen LogP contribution in [-0.4, -0.2) is 29.6 Å². The fourth-order valence-corrected chi connectivity index (χ4v) is 1.93. The Morgan fingerprint density at radius 3 is 2.67 bits per heavy atom. The zero-order chi connectivity index (χ0) is 13.5. The van der Waals surface area contributed by atoms with Crippen LogP contribution in [-0.2, 0) is 0 Å². The molecule has 1 unspecified atom stereocenters. The van der Waals surface area contributed by atoms with Gasteiger partial charge in [0.1, 0.15) is 5.82 Å². The van der Waals surface area contributed by atoms with Gasteiger partial charge in [0.25, 0.3) is 0 Å². The van der Waals surface area contributed by atoms with Gasteiger partial charge in [-0.25, -0.2) is 4.98 Å². The molecule has 0 saturated carbocycles. The van der Waals surface area contributed by atoms with Crippen LogP contribution in [0.4, 0.5) is 11.8 Å². The first-order valence-corrected chi connectivity index (χ1v) is 6.92. The lowest BCUT2D eigenvalue weighted by atomic mass is 10.1. The molecule has 18 heavy (non-hydrogen) atoms. The molecule has 1 aromatic rings. The summed E-state index contributed by atoms with van der Waals surface area (Å²) >= 11 is 0. The van der Waals surface area contributed by atoms with Crippen LogP contribution in [0.1, 0.15) is 45.6 Å². The third kappa shape index (κ3) is 3.59. The number of unbranched alkanes of at least 4 members (excludes halogenated alkanes) is 1. The molecule has 1 atom stereocenters. The summed E-state index contributed by atoms with van der Waals surface area (Å²) in [4.78, 5) is 11.3. The fourth-order valence-electron chi connectivity index (χ4n) is 1.93. The molecule has 0 aromatic carbocycles. The maximum absolute atomic E-state index is 4.62. The SMILES string of the molecule is CCCCN(c1nc(NC)ncc1C)C(C)CC. The molecule has 0 aliphatic carbocycles. The molecule has 102 valence electrons. The molecule has 0 aliphatic heterocycles. The summed E-state index contributed by atoms with van der Waals surface area (Å²) in [7, 11) is 1.86. The van der Waals surface area contributed by atoms with Crippen molar-refractivity contribution in [1.82, 2.24) is 9.97 Å². The van der Waals surface area contributed by atoms with Gasteiger partial charge in [-0.05, 0) is 26.7 Å². The van der Waals surface area contributed by atoms with Crippen LogP contribution in [0.3, 0.4) is 0 Å². The summed E-state index contributed by atoms with van der Waals surface area (Å²) in [5, 5.41) is 3.01. The van der Waals surface area contributed by atoms with E-state index in [2.05, 4.69) is 47.9 Å². The molecule has 0 amide bonds. The van der Waals surface area contributed by atoms with E-state index < -0.39 is 0 Å². The van der Waals surface area contributed by atoms with E-state index in [1.807, 2.05) is 13.2 Å². The zero-order valence-electron chi connectivity index (χ0n) is 12.3. The summed E-state index contributed by atoms with van der Waals surface area (Å²) in [6.07, 6.45) is 5.43. The molecule has 0 saturated heterocycles. The third-order valence-electron chi connectivity index (χ3n) is 3.32. The van der Waals surface area contributed by atoms with Gasteiger partial charge >= 0.3 is 0 Å². The van der Waals surface area contributed by atoms with Gasteiger partial charge in [0.2, 0.25) is 5.95 Å². The summed E-state index contributed by atoms with van der Waals surface area (Å²) in [5.74, 6) is 1.76. The number of hydrogen-bond donors (Lipinski definition) is 1. The van der Waals surface area contributed by atoms with Gasteiger partial charge < -0.3 is 10.2 Å². The summed E-state index contributed by atoms with van der Waals surface area (Å²) in [6.45, 7) is 9.85. The van der Waals surface area contributed by atoms with Crippen molar-refractivity contribution in [3.8, 4) is 0 Å². The second-order valence-corrected chi connectivity index (χ2v) is 4.75. The average Bonchev–Trinajstić information content (AvgIpc) is 2.40. The highest BCUT2D eigenvalue weighted by Gasteiger charge is 2.16. The molecule has 4 nitrogen and oxygen atoms in total. The van der Waals surface area contributed by atoms with E-state index in [1.165, 1.54) is 12.8 Å². The second kappa shape index (κ2) is 7.19. The number of nitrogens with zero attached hydrogens (tertiary/aromatic N) is 3. The minimum absolute atomic E-state index is 0.509. The van der Waals surface area contributed by atoms with Crippen LogP contribution in [0.5, 0.6) is 0 Å². The average molecular weight is 250 g/mol. The highest BCUT2D eigenvalue weighted by atomic mass is 15.2. The monoisotopic (exact) mass is 250 g/mol. The molecule has 1 rings (SSSR count). The quantitative estimate of drug-likeness (QED) is 0.806. The van der Waals surface area contributed by atoms with Crippen molar-refractivity contribution >= 4 is 11.8 Å². The van der Waals surface area contributed by atoms with Crippen molar-refractivity contribution in [3.63, 3.8) is 0 Å². The van der Waals surface area contributed by atoms with Crippen molar-refractivity contribution in [2.24, 2.45) is 0 Å². The lowest BCUT2D eigenvalue weighted by Gasteiger charge is -2.31. The Labute approximate surface area is 111 Å². The molecule has 0 aliphatic rings. The van der Waals surface area contributed by atoms with Crippen LogP contribution in [0.25, 0.3) is 0 Å². The molecule has 0 radical (unpaired) electrons. The largest absolute Gasteiger partial charge is 0.357 e. The number of nitrogens with one attached hydrogen (secondary N) is 1. The van der Waals surface area contributed by atoms with Gasteiger partial charge in [-0.2, -0.15) is 4.98 Å². The summed E-state index contributed by atoms with van der Waals surface area (Å²) in [6, 6.07) is 0.509. The maximum Gasteiger partial charge on any atom is 0.224 e. The fraction of sp³-hybridized carbons (Fsp3) is 0.714. The Bertz CT molecular complexity index is 365. The molecular formula is C14H26N4. The van der Waals surface area contributed by atoms with E-state index in [4.69, 9.17) is 0 Å². The van der Waals surface area contributed by atoms with E-state index in [1.54, 1.807) is 0 Å². The topological polar surface area (TPSA) is 41.1 Å². The molecular weight excluding hydrogens is 224 g/mol. The summed E-state index contributed by atoms with van der Waals surface area (Å²) in [5.41, 5.74) is 1.14. The van der Waals surface area contributed by atoms with Gasteiger partial charge in [-0.15, -0.1) is 0 Å². The molecule has 1 aromatic heterocycles. The van der Waals surface area contributed by atoms with Crippen LogP contribution in [0.15, 0.2) is 6.20 Å². The molecule has 1 N–H and O–H groups in total. The first-order valence-electron chi connectivity index (χ1n) is 6.92. The Balaban J connectivity index is 3.02. The van der Waals surface area contributed by atoms with Crippen molar-refractivity contribution in [2.45, 2.75) is 53.0 Å². The highest BCUT2D eigenvalue weighted by molar-refractivity contribution is 5.49. The Kier molecular flexibility index (Phi) is 5.89. The Morgan fingerprint density at radius 1 is 1.39 bits per heavy atom. The van der Waals surface area contributed by atoms with E-state index in [0.717, 1.165) is 24.3 Å². The second-order valence-electron chi connectivity index (χ2n) is 4.75. The van der Waals surface area contributed by atoms with Gasteiger partial charge in [-0.3, -0.25) is 0 Å².